The van der Waals surface area contributed by atoms with Crippen LogP contribution in [0.25, 0.3) is 0 Å². The van der Waals surface area contributed by atoms with Crippen molar-refractivity contribution in [1.82, 2.24) is 0 Å². The zero-order valence-corrected chi connectivity index (χ0v) is 19.7. The van der Waals surface area contributed by atoms with Gasteiger partial charge in [0.2, 0.25) is 0 Å². The molecule has 1 heterocycles. The van der Waals surface area contributed by atoms with Crippen LogP contribution in [0.1, 0.15) is 28.8 Å². The maximum absolute atomic E-state index is 14.9. The topological polar surface area (TPSA) is 29.5 Å². The van der Waals surface area contributed by atoms with Gasteiger partial charge in [-0.2, -0.15) is 0 Å². The Morgan fingerprint density at radius 3 is 1.79 bits per heavy atom. The van der Waals surface area contributed by atoms with Crippen LogP contribution in [0, 0.1) is 5.82 Å². The molecule has 34 heavy (non-hydrogen) atoms. The first-order valence-electron chi connectivity index (χ1n) is 10.9. The molecule has 0 bridgehead atoms. The summed E-state index contributed by atoms with van der Waals surface area (Å²) >= 11 is 3.62. The molecule has 1 atom stereocenters. The van der Waals surface area contributed by atoms with Gasteiger partial charge in [0.05, 0.1) is 4.48 Å². The molecule has 0 aromatic heterocycles. The summed E-state index contributed by atoms with van der Waals surface area (Å²) in [4.78, 5) is 15.4. The predicted octanol–water partition coefficient (Wildman–Crippen LogP) is 7.33. The lowest BCUT2D eigenvalue weighted by Crippen LogP contribution is -2.31. The number of hydrogen-bond donors (Lipinski definition) is 0. The third-order valence-corrected chi connectivity index (χ3v) is 6.60. The quantitative estimate of drug-likeness (QED) is 0.270. The van der Waals surface area contributed by atoms with Crippen molar-refractivity contribution in [1.29, 1.82) is 0 Å². The number of benzene rings is 4. The Bertz CT molecular complexity index is 1290. The molecule has 1 unspecified atom stereocenters. The van der Waals surface area contributed by atoms with Gasteiger partial charge in [0.15, 0.2) is 5.76 Å². The van der Waals surface area contributed by atoms with E-state index < -0.39 is 12.1 Å². The molecule has 3 nitrogen and oxygen atoms in total. The summed E-state index contributed by atoms with van der Waals surface area (Å²) in [7, 11) is 0. The molecule has 0 saturated carbocycles. The van der Waals surface area contributed by atoms with Gasteiger partial charge in [-0.3, -0.25) is 9.69 Å². The summed E-state index contributed by atoms with van der Waals surface area (Å²) in [5.41, 5.74) is 2.87. The van der Waals surface area contributed by atoms with Crippen molar-refractivity contribution in [2.45, 2.75) is 12.1 Å². The van der Waals surface area contributed by atoms with Crippen LogP contribution in [0.15, 0.2) is 126 Å². The predicted molar refractivity (Wildman–Crippen MR) is 135 cm³/mol. The average Bonchev–Trinajstić information content (AvgIpc) is 3.13. The van der Waals surface area contributed by atoms with Crippen molar-refractivity contribution in [2.24, 2.45) is 0 Å². The van der Waals surface area contributed by atoms with E-state index in [9.17, 15) is 9.18 Å². The van der Waals surface area contributed by atoms with Crippen molar-refractivity contribution >= 4 is 27.5 Å². The van der Waals surface area contributed by atoms with E-state index in [-0.39, 0.29) is 17.5 Å². The first-order valence-corrected chi connectivity index (χ1v) is 11.7. The maximum atomic E-state index is 14.9. The number of carbonyl (C=O) groups is 1. The molecule has 5 heteroatoms. The van der Waals surface area contributed by atoms with Crippen LogP contribution in [-0.4, -0.2) is 5.91 Å². The molecular formula is C29H21BrFNO2. The number of para-hydroxylation sites is 1. The average molecular weight is 514 g/mol. The maximum Gasteiger partial charge on any atom is 0.295 e. The molecule has 1 aliphatic rings. The highest BCUT2D eigenvalue weighted by molar-refractivity contribution is 9.11. The Balaban J connectivity index is 1.62. The molecule has 5 rings (SSSR count). The van der Waals surface area contributed by atoms with Crippen LogP contribution in [0.3, 0.4) is 0 Å². The zero-order chi connectivity index (χ0) is 23.5. The Hall–Kier alpha value is -3.70. The van der Waals surface area contributed by atoms with Crippen molar-refractivity contribution in [3.05, 3.63) is 148 Å². The highest BCUT2D eigenvalue weighted by Gasteiger charge is 2.43. The summed E-state index contributed by atoms with van der Waals surface area (Å²) in [6.07, 6.45) is -0.508. The van der Waals surface area contributed by atoms with Gasteiger partial charge in [-0.1, -0.05) is 97.1 Å². The highest BCUT2D eigenvalue weighted by Crippen LogP contribution is 2.46. The third kappa shape index (κ3) is 4.15. The number of anilines is 1. The first-order chi connectivity index (χ1) is 16.6. The third-order valence-electron chi connectivity index (χ3n) is 5.80. The van der Waals surface area contributed by atoms with Crippen molar-refractivity contribution < 1.29 is 13.9 Å². The molecule has 0 spiro atoms. The molecule has 4 aromatic carbocycles. The summed E-state index contributed by atoms with van der Waals surface area (Å²) in [6, 6.07) is 34.6. The van der Waals surface area contributed by atoms with Gasteiger partial charge in [0, 0.05) is 11.3 Å². The lowest BCUT2D eigenvalue weighted by Gasteiger charge is -2.26. The molecule has 168 valence electrons. The molecule has 1 amide bonds. The minimum Gasteiger partial charge on any atom is -0.474 e. The normalized spacial score (nSPS) is 15.8. The minimum absolute atomic E-state index is 0.162. The summed E-state index contributed by atoms with van der Waals surface area (Å²) in [5, 5.41) is 0. The van der Waals surface area contributed by atoms with Crippen LogP contribution in [0.2, 0.25) is 0 Å². The van der Waals surface area contributed by atoms with E-state index in [4.69, 9.17) is 4.74 Å². The van der Waals surface area contributed by atoms with E-state index in [1.807, 2.05) is 91.0 Å². The number of amides is 1. The van der Waals surface area contributed by atoms with E-state index in [2.05, 4.69) is 15.9 Å². The van der Waals surface area contributed by atoms with Crippen molar-refractivity contribution in [2.75, 3.05) is 4.90 Å². The number of nitrogens with zero attached hydrogens (tertiary/aromatic N) is 1. The van der Waals surface area contributed by atoms with Gasteiger partial charge in [-0.15, -0.1) is 0 Å². The standard InChI is InChI=1S/C29H21BrFNO2/c30-25-26(23-18-10-11-19-24(23)31)32(22-16-8-3-9-17-22)29(33)28(25)34-27(20-12-4-1-5-13-20)21-14-6-2-7-15-21/h1-19,26-27H. The summed E-state index contributed by atoms with van der Waals surface area (Å²) < 4.78 is 21.9. The second-order valence-corrected chi connectivity index (χ2v) is 8.79. The molecule has 0 saturated heterocycles. The summed E-state index contributed by atoms with van der Waals surface area (Å²) in [5.74, 6) is -0.555. The molecule has 0 aliphatic carbocycles. The molecule has 1 aliphatic heterocycles. The minimum atomic E-state index is -0.682. The number of hydrogen-bond acceptors (Lipinski definition) is 2. The summed E-state index contributed by atoms with van der Waals surface area (Å²) in [6.45, 7) is 0. The largest absolute Gasteiger partial charge is 0.474 e. The number of ether oxygens (including phenoxy) is 1. The van der Waals surface area contributed by atoms with Crippen molar-refractivity contribution in [3.8, 4) is 0 Å². The van der Waals surface area contributed by atoms with E-state index in [0.717, 1.165) is 11.1 Å². The fourth-order valence-corrected chi connectivity index (χ4v) is 4.92. The number of halogens is 2. The van der Waals surface area contributed by atoms with Crippen LogP contribution in [0.5, 0.6) is 0 Å². The number of carbonyl (C=O) groups excluding carboxylic acids is 1. The monoisotopic (exact) mass is 513 g/mol. The van der Waals surface area contributed by atoms with Crippen molar-refractivity contribution in [3.63, 3.8) is 0 Å². The molecule has 4 aromatic rings. The van der Waals surface area contributed by atoms with E-state index in [1.54, 1.807) is 23.1 Å². The fourth-order valence-electron chi connectivity index (χ4n) is 4.20. The Morgan fingerprint density at radius 2 is 1.24 bits per heavy atom. The zero-order valence-electron chi connectivity index (χ0n) is 18.1. The van der Waals surface area contributed by atoms with Gasteiger partial charge < -0.3 is 4.74 Å². The van der Waals surface area contributed by atoms with Gasteiger partial charge in [-0.25, -0.2) is 4.39 Å². The second kappa shape index (κ2) is 9.65. The Morgan fingerprint density at radius 1 is 0.735 bits per heavy atom. The smallest absolute Gasteiger partial charge is 0.295 e. The number of rotatable bonds is 6. The lowest BCUT2D eigenvalue weighted by atomic mass is 10.0. The van der Waals surface area contributed by atoms with E-state index in [1.165, 1.54) is 6.07 Å². The van der Waals surface area contributed by atoms with Crippen LogP contribution < -0.4 is 4.90 Å². The molecule has 0 N–H and O–H groups in total. The van der Waals surface area contributed by atoms with E-state index in [0.29, 0.717) is 15.7 Å². The van der Waals surface area contributed by atoms with Gasteiger partial charge in [0.1, 0.15) is 18.0 Å². The lowest BCUT2D eigenvalue weighted by molar-refractivity contribution is -0.118. The highest BCUT2D eigenvalue weighted by atomic mass is 79.9. The van der Waals surface area contributed by atoms with Crippen LogP contribution in [0.4, 0.5) is 10.1 Å². The molecule has 0 radical (unpaired) electrons. The fraction of sp³-hybridized carbons (Fsp3) is 0.0690. The van der Waals surface area contributed by atoms with Gasteiger partial charge >= 0.3 is 0 Å². The molecule has 0 fully saturated rings. The van der Waals surface area contributed by atoms with E-state index >= 15 is 0 Å². The van der Waals surface area contributed by atoms with Crippen LogP contribution in [-0.2, 0) is 9.53 Å². The van der Waals surface area contributed by atoms with Gasteiger partial charge in [-0.05, 0) is 45.3 Å². The van der Waals surface area contributed by atoms with Crippen LogP contribution >= 0.6 is 15.9 Å². The second-order valence-electron chi connectivity index (χ2n) is 7.93. The Kier molecular flexibility index (Phi) is 6.28. The molecular weight excluding hydrogens is 493 g/mol. The first kappa shape index (κ1) is 22.1. The van der Waals surface area contributed by atoms with Gasteiger partial charge in [0.25, 0.3) is 5.91 Å². The SMILES string of the molecule is O=C1C(OC(c2ccccc2)c2ccccc2)=C(Br)C(c2ccccc2F)N1c1ccccc1. The Labute approximate surface area is 206 Å².